The quantitative estimate of drug-likeness (QED) is 0.730. The normalized spacial score (nSPS) is 16.8. The Kier molecular flexibility index (Phi) is 4.65. The number of para-hydroxylation sites is 1. The van der Waals surface area contributed by atoms with Gasteiger partial charge in [0.2, 0.25) is 5.91 Å². The summed E-state index contributed by atoms with van der Waals surface area (Å²) in [5, 5.41) is 0. The highest BCUT2D eigenvalue weighted by Crippen LogP contribution is 2.50. The van der Waals surface area contributed by atoms with Crippen molar-refractivity contribution in [3.8, 4) is 11.5 Å². The second kappa shape index (κ2) is 6.95. The number of hydrogen-bond donors (Lipinski definition) is 0. The number of nitrogens with zero attached hydrogens (tertiary/aromatic N) is 1. The second-order valence-corrected chi connectivity index (χ2v) is 7.77. The molecule has 1 heterocycles. The first-order chi connectivity index (χ1) is 12.6. The van der Waals surface area contributed by atoms with Crippen molar-refractivity contribution in [2.24, 2.45) is 0 Å². The minimum Gasteiger partial charge on any atom is -0.486 e. The number of likely N-dealkylation sites (N-methyl/N-ethyl adjacent to an activating group) is 1. The Hall–Kier alpha value is -2.01. The molecule has 4 rings (SSSR count). The third kappa shape index (κ3) is 3.09. The van der Waals surface area contributed by atoms with E-state index in [0.717, 1.165) is 39.9 Å². The van der Waals surface area contributed by atoms with E-state index >= 15 is 0 Å². The molecular formula is C21H22BrNO3. The Bertz CT molecular complexity index is 815. The molecule has 1 aliphatic heterocycles. The van der Waals surface area contributed by atoms with Gasteiger partial charge in [0.15, 0.2) is 11.5 Å². The lowest BCUT2D eigenvalue weighted by Crippen LogP contribution is -2.39. The van der Waals surface area contributed by atoms with E-state index in [4.69, 9.17) is 9.47 Å². The zero-order valence-corrected chi connectivity index (χ0v) is 16.4. The first-order valence-electron chi connectivity index (χ1n) is 9.07. The van der Waals surface area contributed by atoms with Crippen LogP contribution in [-0.2, 0) is 16.8 Å². The summed E-state index contributed by atoms with van der Waals surface area (Å²) in [5.74, 6) is 1.75. The minimum atomic E-state index is -0.358. The van der Waals surface area contributed by atoms with Gasteiger partial charge in [-0.3, -0.25) is 4.79 Å². The van der Waals surface area contributed by atoms with Crippen LogP contribution in [0.1, 0.15) is 30.9 Å². The molecule has 2 aliphatic rings. The molecule has 1 amide bonds. The van der Waals surface area contributed by atoms with E-state index in [-0.39, 0.29) is 11.3 Å². The summed E-state index contributed by atoms with van der Waals surface area (Å²) in [5.41, 5.74) is 1.76. The van der Waals surface area contributed by atoms with E-state index in [9.17, 15) is 4.79 Å². The van der Waals surface area contributed by atoms with Gasteiger partial charge in [-0.1, -0.05) is 40.2 Å². The number of fused-ring (bicyclic) bond motifs is 1. The molecule has 0 bridgehead atoms. The SMILES string of the molecule is CCN(Cc1cccc2c1OCCO2)C(=O)C1(c2ccc(Br)cc2)CC1. The Balaban J connectivity index is 1.58. The van der Waals surface area contributed by atoms with Crippen LogP contribution >= 0.6 is 15.9 Å². The Morgan fingerprint density at radius 2 is 1.85 bits per heavy atom. The summed E-state index contributed by atoms with van der Waals surface area (Å²) in [7, 11) is 0. The number of benzene rings is 2. The smallest absolute Gasteiger partial charge is 0.233 e. The monoisotopic (exact) mass is 415 g/mol. The Morgan fingerprint density at radius 3 is 2.54 bits per heavy atom. The predicted octanol–water partition coefficient (Wildman–Crippen LogP) is 4.30. The maximum atomic E-state index is 13.4. The van der Waals surface area contributed by atoms with Gasteiger partial charge in [0, 0.05) is 23.1 Å². The van der Waals surface area contributed by atoms with Crippen LogP contribution in [0.2, 0.25) is 0 Å². The maximum absolute atomic E-state index is 13.4. The zero-order chi connectivity index (χ0) is 18.1. The first-order valence-corrected chi connectivity index (χ1v) is 9.86. The van der Waals surface area contributed by atoms with Crippen molar-refractivity contribution < 1.29 is 14.3 Å². The van der Waals surface area contributed by atoms with Gasteiger partial charge in [-0.25, -0.2) is 0 Å². The lowest BCUT2D eigenvalue weighted by molar-refractivity contribution is -0.134. The van der Waals surface area contributed by atoms with Crippen LogP contribution in [-0.4, -0.2) is 30.6 Å². The van der Waals surface area contributed by atoms with Gasteiger partial charge in [-0.15, -0.1) is 0 Å². The molecule has 136 valence electrons. The molecule has 0 aromatic heterocycles. The molecule has 1 fully saturated rings. The fraction of sp³-hybridized carbons (Fsp3) is 0.381. The van der Waals surface area contributed by atoms with Crippen LogP contribution in [0.15, 0.2) is 46.9 Å². The van der Waals surface area contributed by atoms with E-state index in [1.807, 2.05) is 42.2 Å². The number of amides is 1. The predicted molar refractivity (Wildman–Crippen MR) is 104 cm³/mol. The van der Waals surface area contributed by atoms with Crippen molar-refractivity contribution in [2.75, 3.05) is 19.8 Å². The molecular weight excluding hydrogens is 394 g/mol. The van der Waals surface area contributed by atoms with E-state index in [0.29, 0.717) is 26.3 Å². The molecule has 0 spiro atoms. The standard InChI is InChI=1S/C21H22BrNO3/c1-2-23(14-15-4-3-5-18-19(15)26-13-12-25-18)20(24)21(10-11-21)16-6-8-17(22)9-7-16/h3-9H,2,10-14H2,1H3. The van der Waals surface area contributed by atoms with Crippen LogP contribution in [0, 0.1) is 0 Å². The van der Waals surface area contributed by atoms with Crippen LogP contribution in [0.3, 0.4) is 0 Å². The second-order valence-electron chi connectivity index (χ2n) is 6.85. The summed E-state index contributed by atoms with van der Waals surface area (Å²) in [4.78, 5) is 15.3. The summed E-state index contributed by atoms with van der Waals surface area (Å²) in [6.07, 6.45) is 1.83. The largest absolute Gasteiger partial charge is 0.486 e. The van der Waals surface area contributed by atoms with Crippen molar-refractivity contribution in [3.05, 3.63) is 58.1 Å². The van der Waals surface area contributed by atoms with Crippen LogP contribution < -0.4 is 9.47 Å². The van der Waals surface area contributed by atoms with E-state index in [1.165, 1.54) is 0 Å². The number of rotatable bonds is 5. The van der Waals surface area contributed by atoms with E-state index < -0.39 is 0 Å². The van der Waals surface area contributed by atoms with Gasteiger partial charge in [0.25, 0.3) is 0 Å². The third-order valence-corrected chi connectivity index (χ3v) is 5.76. The summed E-state index contributed by atoms with van der Waals surface area (Å²) in [6, 6.07) is 14.0. The summed E-state index contributed by atoms with van der Waals surface area (Å²) >= 11 is 3.47. The van der Waals surface area contributed by atoms with Crippen molar-refractivity contribution in [1.82, 2.24) is 4.90 Å². The highest BCUT2D eigenvalue weighted by Gasteiger charge is 2.52. The van der Waals surface area contributed by atoms with Gasteiger partial charge in [0.05, 0.1) is 5.41 Å². The van der Waals surface area contributed by atoms with Crippen LogP contribution in [0.4, 0.5) is 0 Å². The molecule has 4 nitrogen and oxygen atoms in total. The topological polar surface area (TPSA) is 38.8 Å². The molecule has 2 aromatic rings. The summed E-state index contributed by atoms with van der Waals surface area (Å²) < 4.78 is 12.5. The minimum absolute atomic E-state index is 0.205. The Morgan fingerprint density at radius 1 is 1.12 bits per heavy atom. The highest BCUT2D eigenvalue weighted by atomic mass is 79.9. The molecule has 0 unspecified atom stereocenters. The molecule has 0 atom stereocenters. The first kappa shape index (κ1) is 17.4. The van der Waals surface area contributed by atoms with Crippen molar-refractivity contribution in [2.45, 2.75) is 31.7 Å². The van der Waals surface area contributed by atoms with Gasteiger partial charge in [-0.05, 0) is 43.5 Å². The average molecular weight is 416 g/mol. The van der Waals surface area contributed by atoms with Crippen molar-refractivity contribution in [3.63, 3.8) is 0 Å². The zero-order valence-electron chi connectivity index (χ0n) is 14.8. The average Bonchev–Trinajstić information content (AvgIpc) is 3.48. The van der Waals surface area contributed by atoms with Crippen molar-refractivity contribution >= 4 is 21.8 Å². The summed E-state index contributed by atoms with van der Waals surface area (Å²) in [6.45, 7) is 4.36. The number of carbonyl (C=O) groups excluding carboxylic acids is 1. The number of ether oxygens (including phenoxy) is 2. The molecule has 0 N–H and O–H groups in total. The van der Waals surface area contributed by atoms with Crippen LogP contribution in [0.25, 0.3) is 0 Å². The fourth-order valence-electron chi connectivity index (χ4n) is 3.61. The molecule has 26 heavy (non-hydrogen) atoms. The molecule has 0 saturated heterocycles. The molecule has 2 aromatic carbocycles. The third-order valence-electron chi connectivity index (χ3n) is 5.23. The van der Waals surface area contributed by atoms with Crippen LogP contribution in [0.5, 0.6) is 11.5 Å². The number of carbonyl (C=O) groups is 1. The van der Waals surface area contributed by atoms with E-state index in [2.05, 4.69) is 28.1 Å². The van der Waals surface area contributed by atoms with Gasteiger partial charge >= 0.3 is 0 Å². The van der Waals surface area contributed by atoms with Gasteiger partial charge in [-0.2, -0.15) is 0 Å². The fourth-order valence-corrected chi connectivity index (χ4v) is 3.88. The molecule has 1 aliphatic carbocycles. The lowest BCUT2D eigenvalue weighted by Gasteiger charge is -2.28. The van der Waals surface area contributed by atoms with E-state index in [1.54, 1.807) is 0 Å². The molecule has 1 saturated carbocycles. The molecule has 0 radical (unpaired) electrons. The number of halogens is 1. The lowest BCUT2D eigenvalue weighted by atomic mass is 9.94. The number of hydrogen-bond acceptors (Lipinski definition) is 3. The molecule has 5 heteroatoms. The maximum Gasteiger partial charge on any atom is 0.233 e. The highest BCUT2D eigenvalue weighted by molar-refractivity contribution is 9.10. The Labute approximate surface area is 162 Å². The van der Waals surface area contributed by atoms with Crippen molar-refractivity contribution in [1.29, 1.82) is 0 Å². The van der Waals surface area contributed by atoms with Gasteiger partial charge in [0.1, 0.15) is 13.2 Å². The van der Waals surface area contributed by atoms with Gasteiger partial charge < -0.3 is 14.4 Å².